The van der Waals surface area contributed by atoms with E-state index in [9.17, 15) is 9.59 Å². The summed E-state index contributed by atoms with van der Waals surface area (Å²) in [6.07, 6.45) is 0.788. The van der Waals surface area contributed by atoms with Gasteiger partial charge in [0.2, 0.25) is 5.91 Å². The van der Waals surface area contributed by atoms with E-state index in [0.717, 1.165) is 0 Å². The minimum atomic E-state index is -0.149. The van der Waals surface area contributed by atoms with E-state index in [4.69, 9.17) is 5.11 Å². The summed E-state index contributed by atoms with van der Waals surface area (Å²) in [5.74, 6) is 0.0130. The van der Waals surface area contributed by atoms with Gasteiger partial charge in [-0.15, -0.1) is 11.3 Å². The van der Waals surface area contributed by atoms with Crippen molar-refractivity contribution in [2.75, 3.05) is 13.2 Å². The number of nitrogens with one attached hydrogen (secondary N) is 2. The zero-order chi connectivity index (χ0) is 15.0. The molecule has 112 valence electrons. The summed E-state index contributed by atoms with van der Waals surface area (Å²) >= 11 is 1.37. The molecule has 1 atom stereocenters. The molecule has 2 amide bonds. The maximum atomic E-state index is 11.8. The highest BCUT2D eigenvalue weighted by molar-refractivity contribution is 7.12. The molecule has 5 nitrogen and oxygen atoms in total. The van der Waals surface area contributed by atoms with E-state index in [1.807, 2.05) is 25.3 Å². The van der Waals surface area contributed by atoms with Crippen LogP contribution < -0.4 is 10.6 Å². The molecule has 0 saturated carbocycles. The van der Waals surface area contributed by atoms with E-state index in [2.05, 4.69) is 10.6 Å². The second-order valence-electron chi connectivity index (χ2n) is 4.91. The number of amides is 2. The molecule has 1 unspecified atom stereocenters. The number of thiophene rings is 1. The molecule has 1 aromatic rings. The molecule has 20 heavy (non-hydrogen) atoms. The van der Waals surface area contributed by atoms with Gasteiger partial charge in [-0.1, -0.05) is 19.9 Å². The Bertz CT molecular complexity index is 418. The molecule has 6 heteroatoms. The Morgan fingerprint density at radius 1 is 1.40 bits per heavy atom. The summed E-state index contributed by atoms with van der Waals surface area (Å²) in [5, 5.41) is 16.4. The van der Waals surface area contributed by atoms with Crippen molar-refractivity contribution in [3.8, 4) is 0 Å². The molecule has 0 spiro atoms. The lowest BCUT2D eigenvalue weighted by atomic mass is 10.0. The summed E-state index contributed by atoms with van der Waals surface area (Å²) in [5.41, 5.74) is 0. The van der Waals surface area contributed by atoms with Crippen LogP contribution in [0.5, 0.6) is 0 Å². The zero-order valence-corrected chi connectivity index (χ0v) is 12.7. The Balaban J connectivity index is 2.27. The van der Waals surface area contributed by atoms with E-state index in [1.165, 1.54) is 11.3 Å². The van der Waals surface area contributed by atoms with Crippen LogP contribution in [0.15, 0.2) is 17.5 Å². The van der Waals surface area contributed by atoms with Crippen molar-refractivity contribution < 1.29 is 14.7 Å². The molecule has 1 heterocycles. The van der Waals surface area contributed by atoms with E-state index in [-0.39, 0.29) is 36.8 Å². The number of aliphatic hydroxyl groups is 1. The van der Waals surface area contributed by atoms with Crippen LogP contribution in [0.25, 0.3) is 0 Å². The number of rotatable bonds is 8. The number of hydrogen-bond acceptors (Lipinski definition) is 4. The van der Waals surface area contributed by atoms with Crippen LogP contribution in [0.1, 0.15) is 36.4 Å². The number of hydrogen-bond donors (Lipinski definition) is 3. The van der Waals surface area contributed by atoms with Crippen LogP contribution in [0.4, 0.5) is 0 Å². The minimum Gasteiger partial charge on any atom is -0.396 e. The van der Waals surface area contributed by atoms with Crippen molar-refractivity contribution in [1.29, 1.82) is 0 Å². The molecule has 0 aliphatic heterocycles. The Hall–Kier alpha value is -1.40. The van der Waals surface area contributed by atoms with Gasteiger partial charge in [-0.25, -0.2) is 0 Å². The first-order valence-corrected chi connectivity index (χ1v) is 7.64. The summed E-state index contributed by atoms with van der Waals surface area (Å²) < 4.78 is 0. The van der Waals surface area contributed by atoms with Crippen LogP contribution >= 0.6 is 11.3 Å². The zero-order valence-electron chi connectivity index (χ0n) is 11.9. The summed E-state index contributed by atoms with van der Waals surface area (Å²) in [4.78, 5) is 24.1. The molecular weight excluding hydrogens is 276 g/mol. The van der Waals surface area contributed by atoms with Gasteiger partial charge in [0.15, 0.2) is 0 Å². The van der Waals surface area contributed by atoms with Crippen molar-refractivity contribution in [3.63, 3.8) is 0 Å². The predicted octanol–water partition coefficient (Wildman–Crippen LogP) is 1.39. The molecule has 0 aromatic carbocycles. The molecule has 3 N–H and O–H groups in total. The summed E-state index contributed by atoms with van der Waals surface area (Å²) in [6, 6.07) is 3.53. The van der Waals surface area contributed by atoms with Gasteiger partial charge in [0.1, 0.15) is 0 Å². The van der Waals surface area contributed by atoms with E-state index in [1.54, 1.807) is 6.07 Å². The highest BCUT2D eigenvalue weighted by Crippen LogP contribution is 2.08. The quantitative estimate of drug-likeness (QED) is 0.678. The van der Waals surface area contributed by atoms with Crippen LogP contribution in [0.3, 0.4) is 0 Å². The van der Waals surface area contributed by atoms with Crippen LogP contribution in [-0.4, -0.2) is 36.1 Å². The molecule has 0 bridgehead atoms. The summed E-state index contributed by atoms with van der Waals surface area (Å²) in [6.45, 7) is 4.36. The van der Waals surface area contributed by atoms with Crippen molar-refractivity contribution in [2.24, 2.45) is 5.92 Å². The Kier molecular flexibility index (Phi) is 7.25. The van der Waals surface area contributed by atoms with Gasteiger partial charge in [0.05, 0.1) is 4.88 Å². The van der Waals surface area contributed by atoms with Crippen molar-refractivity contribution in [1.82, 2.24) is 10.6 Å². The molecule has 0 aliphatic carbocycles. The van der Waals surface area contributed by atoms with Gasteiger partial charge >= 0.3 is 0 Å². The third kappa shape index (κ3) is 5.71. The first-order chi connectivity index (χ1) is 9.54. The summed E-state index contributed by atoms with van der Waals surface area (Å²) in [7, 11) is 0. The lowest BCUT2D eigenvalue weighted by Gasteiger charge is -2.21. The van der Waals surface area contributed by atoms with Crippen molar-refractivity contribution in [2.45, 2.75) is 32.7 Å². The Morgan fingerprint density at radius 3 is 2.70 bits per heavy atom. The molecule has 1 aromatic heterocycles. The second kappa shape index (κ2) is 8.71. The van der Waals surface area contributed by atoms with Gasteiger partial charge < -0.3 is 15.7 Å². The average Bonchev–Trinajstić information content (AvgIpc) is 2.91. The lowest BCUT2D eigenvalue weighted by Crippen LogP contribution is -2.40. The van der Waals surface area contributed by atoms with Crippen molar-refractivity contribution >= 4 is 23.2 Å². The fourth-order valence-corrected chi connectivity index (χ4v) is 2.41. The fraction of sp³-hybridized carbons (Fsp3) is 0.571. The van der Waals surface area contributed by atoms with Crippen LogP contribution in [0.2, 0.25) is 0 Å². The van der Waals surface area contributed by atoms with Crippen molar-refractivity contribution in [3.05, 3.63) is 22.4 Å². The molecule has 0 radical (unpaired) electrons. The van der Waals surface area contributed by atoms with Gasteiger partial charge in [0.25, 0.3) is 5.91 Å². The largest absolute Gasteiger partial charge is 0.396 e. The van der Waals surface area contributed by atoms with Gasteiger partial charge in [-0.2, -0.15) is 0 Å². The predicted molar refractivity (Wildman–Crippen MR) is 79.7 cm³/mol. The topological polar surface area (TPSA) is 78.4 Å². The van der Waals surface area contributed by atoms with Gasteiger partial charge in [-0.3, -0.25) is 9.59 Å². The van der Waals surface area contributed by atoms with E-state index >= 15 is 0 Å². The number of carbonyl (C=O) groups excluding carboxylic acids is 2. The molecule has 0 fully saturated rings. The fourth-order valence-electron chi connectivity index (χ4n) is 1.77. The SMILES string of the molecule is CC(C)C(CCO)NC(=O)CCNC(=O)c1cccs1. The van der Waals surface area contributed by atoms with Gasteiger partial charge in [0, 0.05) is 25.6 Å². The third-order valence-electron chi connectivity index (χ3n) is 2.97. The third-order valence-corrected chi connectivity index (χ3v) is 3.84. The van der Waals surface area contributed by atoms with Crippen LogP contribution in [0, 0.1) is 5.92 Å². The second-order valence-corrected chi connectivity index (χ2v) is 5.86. The van der Waals surface area contributed by atoms with E-state index < -0.39 is 0 Å². The Labute approximate surface area is 123 Å². The smallest absolute Gasteiger partial charge is 0.261 e. The lowest BCUT2D eigenvalue weighted by molar-refractivity contribution is -0.122. The van der Waals surface area contributed by atoms with E-state index in [0.29, 0.717) is 17.8 Å². The highest BCUT2D eigenvalue weighted by Gasteiger charge is 2.15. The molecule has 0 saturated heterocycles. The number of aliphatic hydroxyl groups excluding tert-OH is 1. The Morgan fingerprint density at radius 2 is 2.15 bits per heavy atom. The highest BCUT2D eigenvalue weighted by atomic mass is 32.1. The monoisotopic (exact) mass is 298 g/mol. The normalized spacial score (nSPS) is 12.2. The maximum Gasteiger partial charge on any atom is 0.261 e. The average molecular weight is 298 g/mol. The van der Waals surface area contributed by atoms with Gasteiger partial charge in [-0.05, 0) is 23.8 Å². The maximum absolute atomic E-state index is 11.8. The standard InChI is InChI=1S/C14H22N2O3S/c1-10(2)11(6-8-17)16-13(18)5-7-15-14(19)12-4-3-9-20-12/h3-4,9-11,17H,5-8H2,1-2H3,(H,15,19)(H,16,18). The minimum absolute atomic E-state index is 0.0273. The molecule has 0 aliphatic rings. The number of carbonyl (C=O) groups is 2. The molecular formula is C14H22N2O3S. The van der Waals surface area contributed by atoms with Crippen LogP contribution in [-0.2, 0) is 4.79 Å². The first kappa shape index (κ1) is 16.7. The molecule has 1 rings (SSSR count). The first-order valence-electron chi connectivity index (χ1n) is 6.76.